The molecule has 1 spiro atoms. The van der Waals surface area contributed by atoms with Crippen molar-refractivity contribution in [3.63, 3.8) is 0 Å². The fourth-order valence-corrected chi connectivity index (χ4v) is 6.77. The van der Waals surface area contributed by atoms with Gasteiger partial charge in [-0.15, -0.1) is 0 Å². The Morgan fingerprint density at radius 3 is 2.70 bits per heavy atom. The van der Waals surface area contributed by atoms with Crippen LogP contribution in [0.3, 0.4) is 0 Å². The van der Waals surface area contributed by atoms with Gasteiger partial charge in [-0.25, -0.2) is 4.79 Å². The predicted octanol–water partition coefficient (Wildman–Crippen LogP) is 7.79. The van der Waals surface area contributed by atoms with Gasteiger partial charge >= 0.3 is 12.1 Å². The van der Waals surface area contributed by atoms with Gasteiger partial charge in [0.2, 0.25) is 0 Å². The Kier molecular flexibility index (Phi) is 10.7. The van der Waals surface area contributed by atoms with Crippen molar-refractivity contribution in [2.24, 2.45) is 11.3 Å². The number of hydrogen-bond acceptors (Lipinski definition) is 7. The number of ether oxygens (including phenoxy) is 5. The number of nitrogens with zero attached hydrogens (tertiary/aromatic N) is 1. The second-order valence-electron chi connectivity index (χ2n) is 14.1. The number of carbonyl (C=O) groups is 2. The standard InChI is InChI=1S/C35H53NO7/c1-8-39-30(37)14-9-10-20-40-26-15-16-27-29(21-26)42-34(7,17-11-13-25(2)3)28-22-35(24-41-31(27)28)18-12-19-36(23-35)32(38)43-33(4,5)6/h13,15-16,21,28,31H,8-12,14,17-20,22-24H2,1-7H3/t28-,31+,34+,35-/m0/s1. The highest BCUT2D eigenvalue weighted by molar-refractivity contribution is 5.69. The van der Waals surface area contributed by atoms with Gasteiger partial charge in [-0.3, -0.25) is 4.79 Å². The van der Waals surface area contributed by atoms with Crippen LogP contribution in [0.1, 0.15) is 112 Å². The summed E-state index contributed by atoms with van der Waals surface area (Å²) in [6.45, 7) is 16.9. The Bertz CT molecular complexity index is 1150. The smallest absolute Gasteiger partial charge is 0.410 e. The molecule has 240 valence electrons. The van der Waals surface area contributed by atoms with E-state index in [9.17, 15) is 9.59 Å². The molecule has 0 radical (unpaired) electrons. The van der Waals surface area contributed by atoms with Crippen LogP contribution in [-0.2, 0) is 19.0 Å². The second-order valence-corrected chi connectivity index (χ2v) is 14.1. The Morgan fingerprint density at radius 1 is 1.19 bits per heavy atom. The van der Waals surface area contributed by atoms with Crippen LogP contribution in [0, 0.1) is 11.3 Å². The SMILES string of the molecule is CCOC(=O)CCCCOc1ccc2c(c1)O[C@](C)(CCC=C(C)C)[C@H]1C[C@]3(CCCN(C(=O)OC(C)(C)C)C3)CO[C@H]21. The molecule has 3 aliphatic heterocycles. The van der Waals surface area contributed by atoms with Crippen molar-refractivity contribution in [2.45, 2.75) is 117 Å². The van der Waals surface area contributed by atoms with Gasteiger partial charge in [-0.05, 0) is 106 Å². The van der Waals surface area contributed by atoms with Crippen molar-refractivity contribution >= 4 is 12.1 Å². The first-order chi connectivity index (χ1) is 20.3. The van der Waals surface area contributed by atoms with Crippen molar-refractivity contribution in [2.75, 3.05) is 32.9 Å². The monoisotopic (exact) mass is 599 g/mol. The van der Waals surface area contributed by atoms with Crippen LogP contribution in [0.5, 0.6) is 11.5 Å². The number of piperidine rings is 1. The molecule has 0 aromatic heterocycles. The van der Waals surface area contributed by atoms with E-state index >= 15 is 0 Å². The minimum atomic E-state index is -0.522. The molecular formula is C35H53NO7. The maximum Gasteiger partial charge on any atom is 0.410 e. The molecule has 1 amide bonds. The lowest BCUT2D eigenvalue weighted by Crippen LogP contribution is -2.57. The maximum atomic E-state index is 13.0. The van der Waals surface area contributed by atoms with E-state index in [1.165, 1.54) is 5.57 Å². The van der Waals surface area contributed by atoms with Gasteiger partial charge in [0.1, 0.15) is 22.7 Å². The molecule has 8 nitrogen and oxygen atoms in total. The van der Waals surface area contributed by atoms with Crippen LogP contribution in [0.4, 0.5) is 4.79 Å². The van der Waals surface area contributed by atoms with E-state index < -0.39 is 11.2 Å². The number of unbranched alkanes of at least 4 members (excludes halogenated alkanes) is 1. The zero-order valence-electron chi connectivity index (χ0n) is 27.5. The van der Waals surface area contributed by atoms with Gasteiger partial charge in [0.05, 0.1) is 25.9 Å². The molecule has 4 atom stereocenters. The summed E-state index contributed by atoms with van der Waals surface area (Å²) in [6, 6.07) is 6.08. The molecule has 2 saturated heterocycles. The number of hydrogen-bond donors (Lipinski definition) is 0. The lowest BCUT2D eigenvalue weighted by Gasteiger charge is -2.55. The summed E-state index contributed by atoms with van der Waals surface area (Å²) in [5.41, 5.74) is 1.27. The highest BCUT2D eigenvalue weighted by Gasteiger charge is 2.55. The van der Waals surface area contributed by atoms with E-state index in [1.54, 1.807) is 0 Å². The molecule has 1 aromatic rings. The minimum Gasteiger partial charge on any atom is -0.493 e. The molecule has 0 bridgehead atoms. The average Bonchev–Trinajstić information content (AvgIpc) is 2.92. The van der Waals surface area contributed by atoms with Crippen molar-refractivity contribution in [1.82, 2.24) is 4.90 Å². The molecule has 1 aromatic carbocycles. The third-order valence-corrected chi connectivity index (χ3v) is 8.86. The summed E-state index contributed by atoms with van der Waals surface area (Å²) in [5, 5.41) is 0. The van der Waals surface area contributed by atoms with E-state index in [-0.39, 0.29) is 29.5 Å². The summed E-state index contributed by atoms with van der Waals surface area (Å²) < 4.78 is 30.5. The van der Waals surface area contributed by atoms with Crippen LogP contribution in [0.2, 0.25) is 0 Å². The first-order valence-corrected chi connectivity index (χ1v) is 16.2. The molecule has 0 aliphatic carbocycles. The number of amides is 1. The number of allylic oxidation sites excluding steroid dienone is 2. The largest absolute Gasteiger partial charge is 0.493 e. The average molecular weight is 600 g/mol. The molecule has 4 rings (SSSR count). The number of fused-ring (bicyclic) bond motifs is 3. The summed E-state index contributed by atoms with van der Waals surface area (Å²) >= 11 is 0. The summed E-state index contributed by atoms with van der Waals surface area (Å²) in [6.07, 6.45) is 8.55. The van der Waals surface area contributed by atoms with Crippen molar-refractivity contribution in [3.8, 4) is 11.5 Å². The molecule has 0 N–H and O–H groups in total. The summed E-state index contributed by atoms with van der Waals surface area (Å²) in [7, 11) is 0. The van der Waals surface area contributed by atoms with E-state index in [0.717, 1.165) is 62.0 Å². The number of rotatable bonds is 10. The van der Waals surface area contributed by atoms with Crippen molar-refractivity contribution in [1.29, 1.82) is 0 Å². The van der Waals surface area contributed by atoms with Gasteiger partial charge in [0.15, 0.2) is 0 Å². The first-order valence-electron chi connectivity index (χ1n) is 16.2. The highest BCUT2D eigenvalue weighted by atomic mass is 16.6. The third kappa shape index (κ3) is 8.68. The van der Waals surface area contributed by atoms with Crippen LogP contribution < -0.4 is 9.47 Å². The van der Waals surface area contributed by atoms with Crippen LogP contribution in [0.25, 0.3) is 0 Å². The summed E-state index contributed by atoms with van der Waals surface area (Å²) in [4.78, 5) is 26.5. The van der Waals surface area contributed by atoms with E-state index in [0.29, 0.717) is 39.3 Å². The first kappa shape index (κ1) is 33.2. The molecule has 0 saturated carbocycles. The van der Waals surface area contributed by atoms with Gasteiger partial charge in [0, 0.05) is 42.5 Å². The Morgan fingerprint density at radius 2 is 1.98 bits per heavy atom. The van der Waals surface area contributed by atoms with E-state index in [1.807, 2.05) is 44.7 Å². The molecule has 0 unspecified atom stereocenters. The van der Waals surface area contributed by atoms with Crippen LogP contribution in [-0.4, -0.2) is 61.1 Å². The number of benzene rings is 1. The topological polar surface area (TPSA) is 83.5 Å². The van der Waals surface area contributed by atoms with Crippen LogP contribution in [0.15, 0.2) is 29.8 Å². The Hall–Kier alpha value is -2.74. The molecule has 43 heavy (non-hydrogen) atoms. The van der Waals surface area contributed by atoms with E-state index in [2.05, 4.69) is 32.9 Å². The van der Waals surface area contributed by atoms with Gasteiger partial charge < -0.3 is 28.6 Å². The number of carbonyl (C=O) groups excluding carboxylic acids is 2. The Labute approximate surface area is 258 Å². The zero-order valence-corrected chi connectivity index (χ0v) is 27.5. The fourth-order valence-electron chi connectivity index (χ4n) is 6.77. The van der Waals surface area contributed by atoms with Gasteiger partial charge in [-0.2, -0.15) is 0 Å². The van der Waals surface area contributed by atoms with Gasteiger partial charge in [-0.1, -0.05) is 11.6 Å². The predicted molar refractivity (Wildman–Crippen MR) is 166 cm³/mol. The van der Waals surface area contributed by atoms with Crippen molar-refractivity contribution < 1.29 is 33.3 Å². The van der Waals surface area contributed by atoms with Crippen molar-refractivity contribution in [3.05, 3.63) is 35.4 Å². The minimum absolute atomic E-state index is 0.0818. The van der Waals surface area contributed by atoms with Gasteiger partial charge in [0.25, 0.3) is 0 Å². The second kappa shape index (κ2) is 13.9. The maximum absolute atomic E-state index is 13.0. The lowest BCUT2D eigenvalue weighted by atomic mass is 9.64. The third-order valence-electron chi connectivity index (χ3n) is 8.86. The molecule has 3 aliphatic rings. The number of likely N-dealkylation sites (tertiary alicyclic amines) is 1. The quantitative estimate of drug-likeness (QED) is 0.154. The lowest BCUT2D eigenvalue weighted by molar-refractivity contribution is -0.180. The molecule has 8 heteroatoms. The highest BCUT2D eigenvalue weighted by Crippen LogP contribution is 2.56. The molecule has 2 fully saturated rings. The Balaban J connectivity index is 1.50. The zero-order chi connectivity index (χ0) is 31.3. The molecule has 3 heterocycles. The fraction of sp³-hybridized carbons (Fsp3) is 0.714. The number of esters is 1. The normalized spacial score (nSPS) is 26.5. The van der Waals surface area contributed by atoms with Crippen LogP contribution >= 0.6 is 0 Å². The summed E-state index contributed by atoms with van der Waals surface area (Å²) in [5.74, 6) is 1.56. The molecular weight excluding hydrogens is 546 g/mol. The van der Waals surface area contributed by atoms with E-state index in [4.69, 9.17) is 23.7 Å².